The second-order valence-electron chi connectivity index (χ2n) is 8.00. The van der Waals surface area contributed by atoms with Gasteiger partial charge in [0.1, 0.15) is 23.9 Å². The summed E-state index contributed by atoms with van der Waals surface area (Å²) < 4.78 is 35.2. The number of imidazole rings is 1. The van der Waals surface area contributed by atoms with E-state index in [1.54, 1.807) is 30.5 Å². The molecule has 0 atom stereocenters. The zero-order valence-electron chi connectivity index (χ0n) is 17.5. The molecule has 32 heavy (non-hydrogen) atoms. The second-order valence-corrected chi connectivity index (χ2v) is 8.00. The molecule has 0 saturated heterocycles. The first-order valence-corrected chi connectivity index (χ1v) is 10.0. The predicted molar refractivity (Wildman–Crippen MR) is 111 cm³/mol. The Bertz CT molecular complexity index is 1200. The van der Waals surface area contributed by atoms with Gasteiger partial charge in [0.05, 0.1) is 16.8 Å². The van der Waals surface area contributed by atoms with Gasteiger partial charge in [-0.2, -0.15) is 0 Å². The highest BCUT2D eigenvalue weighted by Crippen LogP contribution is 2.34. The van der Waals surface area contributed by atoms with E-state index in [-0.39, 0.29) is 30.2 Å². The smallest absolute Gasteiger partial charge is 0.405 e. The first-order chi connectivity index (χ1) is 15.2. The van der Waals surface area contributed by atoms with Crippen LogP contribution in [0.3, 0.4) is 0 Å². The molecule has 2 amide bonds. The van der Waals surface area contributed by atoms with E-state index < -0.39 is 29.2 Å². The van der Waals surface area contributed by atoms with Crippen molar-refractivity contribution in [2.75, 3.05) is 6.54 Å². The van der Waals surface area contributed by atoms with Crippen LogP contribution in [-0.4, -0.2) is 38.6 Å². The molecule has 0 radical (unpaired) electrons. The van der Waals surface area contributed by atoms with Gasteiger partial charge in [-0.15, -0.1) is 0 Å². The van der Waals surface area contributed by atoms with Crippen LogP contribution in [0, 0.1) is 25.5 Å². The number of pyridine rings is 1. The fraction of sp³-hybridized carbons (Fsp3) is 0.318. The molecule has 0 unspecified atom stereocenters. The molecular formula is C22H22F2N4O4. The minimum absolute atomic E-state index is 0.159. The van der Waals surface area contributed by atoms with Crippen molar-refractivity contribution < 1.29 is 28.2 Å². The van der Waals surface area contributed by atoms with Crippen molar-refractivity contribution in [2.24, 2.45) is 0 Å². The second kappa shape index (κ2) is 8.10. The van der Waals surface area contributed by atoms with Crippen LogP contribution in [0.2, 0.25) is 0 Å². The minimum Gasteiger partial charge on any atom is -0.485 e. The zero-order chi connectivity index (χ0) is 23.0. The van der Waals surface area contributed by atoms with E-state index in [9.17, 15) is 18.4 Å². The molecule has 4 rings (SSSR count). The summed E-state index contributed by atoms with van der Waals surface area (Å²) in [6.45, 7) is 3.28. The fourth-order valence-corrected chi connectivity index (χ4v) is 3.61. The first-order valence-electron chi connectivity index (χ1n) is 10.0. The maximum Gasteiger partial charge on any atom is 0.405 e. The Labute approximate surface area is 182 Å². The van der Waals surface area contributed by atoms with Crippen molar-refractivity contribution >= 4 is 17.6 Å². The Morgan fingerprint density at radius 2 is 1.94 bits per heavy atom. The van der Waals surface area contributed by atoms with E-state index >= 15 is 0 Å². The number of nitrogens with zero attached hydrogens (tertiary/aromatic N) is 2. The third-order valence-corrected chi connectivity index (χ3v) is 5.46. The largest absolute Gasteiger partial charge is 0.485 e. The lowest BCUT2D eigenvalue weighted by Gasteiger charge is -2.16. The van der Waals surface area contributed by atoms with Crippen molar-refractivity contribution in [1.29, 1.82) is 0 Å². The number of carbonyl (C=O) groups excluding carboxylic acids is 1. The minimum atomic E-state index is -1.13. The number of carbonyl (C=O) groups is 2. The summed E-state index contributed by atoms with van der Waals surface area (Å²) in [6.07, 6.45) is 1.88. The molecule has 0 spiro atoms. The van der Waals surface area contributed by atoms with Crippen LogP contribution >= 0.6 is 0 Å². The van der Waals surface area contributed by atoms with Gasteiger partial charge >= 0.3 is 6.09 Å². The topological polar surface area (TPSA) is 105 Å². The van der Waals surface area contributed by atoms with Crippen molar-refractivity contribution in [3.8, 4) is 5.75 Å². The fourth-order valence-electron chi connectivity index (χ4n) is 3.61. The van der Waals surface area contributed by atoms with E-state index in [1.807, 2.05) is 0 Å². The van der Waals surface area contributed by atoms with Crippen molar-refractivity contribution in [1.82, 2.24) is 20.0 Å². The number of hydrogen-bond donors (Lipinski definition) is 3. The van der Waals surface area contributed by atoms with Crippen LogP contribution in [0.15, 0.2) is 30.5 Å². The number of amides is 2. The van der Waals surface area contributed by atoms with E-state index in [1.165, 1.54) is 6.07 Å². The number of benzene rings is 1. The number of ether oxygens (including phenoxy) is 1. The van der Waals surface area contributed by atoms with Crippen LogP contribution in [-0.2, 0) is 6.61 Å². The summed E-state index contributed by atoms with van der Waals surface area (Å²) in [7, 11) is 0. The molecule has 168 valence electrons. The third-order valence-electron chi connectivity index (χ3n) is 5.46. The molecule has 2 aromatic heterocycles. The highest BCUT2D eigenvalue weighted by atomic mass is 19.1. The molecule has 0 aliphatic heterocycles. The van der Waals surface area contributed by atoms with E-state index in [4.69, 9.17) is 9.84 Å². The molecule has 1 aliphatic rings. The van der Waals surface area contributed by atoms with E-state index in [0.717, 1.165) is 17.7 Å². The van der Waals surface area contributed by atoms with Gasteiger partial charge in [0.25, 0.3) is 5.91 Å². The summed E-state index contributed by atoms with van der Waals surface area (Å²) in [5.41, 5.74) is 0.958. The number of hydrogen-bond acceptors (Lipinski definition) is 4. The van der Waals surface area contributed by atoms with Gasteiger partial charge in [-0.05, 0) is 50.5 Å². The maximum atomic E-state index is 14.0. The lowest BCUT2D eigenvalue weighted by atomic mass is 10.2. The molecule has 1 aliphatic carbocycles. The Morgan fingerprint density at radius 3 is 2.56 bits per heavy atom. The number of rotatable bonds is 7. The zero-order valence-corrected chi connectivity index (χ0v) is 17.5. The normalized spacial score (nSPS) is 14.2. The molecule has 2 heterocycles. The summed E-state index contributed by atoms with van der Waals surface area (Å²) in [5.74, 6) is -1.55. The van der Waals surface area contributed by atoms with Crippen LogP contribution in [0.25, 0.3) is 5.65 Å². The average Bonchev–Trinajstić information content (AvgIpc) is 3.38. The van der Waals surface area contributed by atoms with Crippen molar-refractivity contribution in [2.45, 2.75) is 38.8 Å². The van der Waals surface area contributed by atoms with Crippen LogP contribution in [0.1, 0.15) is 40.2 Å². The average molecular weight is 444 g/mol. The van der Waals surface area contributed by atoms with Gasteiger partial charge in [-0.25, -0.2) is 18.6 Å². The number of halogens is 2. The monoisotopic (exact) mass is 444 g/mol. The summed E-state index contributed by atoms with van der Waals surface area (Å²) >= 11 is 0. The lowest BCUT2D eigenvalue weighted by molar-refractivity contribution is 0.0939. The molecule has 8 nitrogen and oxygen atoms in total. The predicted octanol–water partition coefficient (Wildman–Crippen LogP) is 3.34. The summed E-state index contributed by atoms with van der Waals surface area (Å²) in [4.78, 5) is 28.3. The number of aromatic nitrogens is 2. The molecule has 1 aromatic carbocycles. The summed E-state index contributed by atoms with van der Waals surface area (Å²) in [6, 6.07) is 5.26. The maximum absolute atomic E-state index is 14.0. The van der Waals surface area contributed by atoms with Crippen LogP contribution in [0.4, 0.5) is 13.6 Å². The van der Waals surface area contributed by atoms with Gasteiger partial charge in [0.2, 0.25) is 0 Å². The van der Waals surface area contributed by atoms with Crippen LogP contribution in [0.5, 0.6) is 5.75 Å². The molecule has 3 N–H and O–H groups in total. The highest BCUT2D eigenvalue weighted by molar-refractivity contribution is 5.95. The molecule has 1 saturated carbocycles. The summed E-state index contributed by atoms with van der Waals surface area (Å²) in [5, 5.41) is 14.2. The molecule has 0 bridgehead atoms. The third kappa shape index (κ3) is 4.20. The number of nitrogens with one attached hydrogen (secondary N) is 2. The van der Waals surface area contributed by atoms with Crippen molar-refractivity contribution in [3.05, 3.63) is 64.6 Å². The number of aryl methyl sites for hydroxylation is 2. The quantitative estimate of drug-likeness (QED) is 0.519. The van der Waals surface area contributed by atoms with E-state index in [2.05, 4.69) is 15.6 Å². The lowest BCUT2D eigenvalue weighted by Crippen LogP contribution is -2.45. The molecule has 3 aromatic rings. The van der Waals surface area contributed by atoms with Crippen LogP contribution < -0.4 is 15.4 Å². The van der Waals surface area contributed by atoms with Gasteiger partial charge in [-0.1, -0.05) is 6.07 Å². The standard InChI is InChI=1S/C22H22F2N4O4/c1-12-8-17(32-10-14-15(23)4-3-5-16(14)24)19-26-13(2)18(28(19)9-12)20(29)25-11-22(6-7-22)27-21(30)31/h3-5,8-9,27H,6-7,10-11H2,1-2H3,(H,25,29)(H,30,31). The van der Waals surface area contributed by atoms with Gasteiger partial charge in [0.15, 0.2) is 11.4 Å². The van der Waals surface area contributed by atoms with Crippen molar-refractivity contribution in [3.63, 3.8) is 0 Å². The highest BCUT2D eigenvalue weighted by Gasteiger charge is 2.44. The molecular weight excluding hydrogens is 422 g/mol. The van der Waals surface area contributed by atoms with E-state index in [0.29, 0.717) is 24.2 Å². The Kier molecular flexibility index (Phi) is 5.45. The number of fused-ring (bicyclic) bond motifs is 1. The SMILES string of the molecule is Cc1cc(OCc2c(F)cccc2F)c2nc(C)c(C(=O)NCC3(NC(=O)O)CC3)n2c1. The molecule has 10 heteroatoms. The number of carboxylic acid groups (broad SMARTS) is 1. The first kappa shape index (κ1) is 21.5. The van der Waals surface area contributed by atoms with Gasteiger partial charge in [-0.3, -0.25) is 9.20 Å². The Balaban J connectivity index is 1.59. The van der Waals surface area contributed by atoms with Gasteiger partial charge < -0.3 is 20.5 Å². The Hall–Kier alpha value is -3.69. The Morgan fingerprint density at radius 1 is 1.25 bits per heavy atom. The molecule has 1 fully saturated rings. The van der Waals surface area contributed by atoms with Gasteiger partial charge in [0, 0.05) is 12.7 Å².